The van der Waals surface area contributed by atoms with Gasteiger partial charge in [0.05, 0.1) is 11.0 Å². The molecule has 10 aromatic rings. The van der Waals surface area contributed by atoms with Crippen LogP contribution in [0.1, 0.15) is 35.9 Å². The maximum absolute atomic E-state index is 9.80. The molecule has 2 nitrogen and oxygen atoms in total. The van der Waals surface area contributed by atoms with E-state index in [4.69, 9.17) is 4.42 Å². The maximum atomic E-state index is 9.80. The number of anilines is 3. The van der Waals surface area contributed by atoms with Crippen LogP contribution in [-0.2, 0) is 5.41 Å². The van der Waals surface area contributed by atoms with Crippen molar-refractivity contribution in [3.05, 3.63) is 211 Å². The zero-order valence-corrected chi connectivity index (χ0v) is 31.3. The Morgan fingerprint density at radius 2 is 1.09 bits per heavy atom. The van der Waals surface area contributed by atoms with E-state index < -0.39 is 29.6 Å². The summed E-state index contributed by atoms with van der Waals surface area (Å²) in [6.07, 6.45) is 0. The van der Waals surface area contributed by atoms with Crippen LogP contribution in [0.2, 0.25) is 0 Å². The zero-order chi connectivity index (χ0) is 45.1. The van der Waals surface area contributed by atoms with E-state index in [0.29, 0.717) is 22.4 Å². The highest BCUT2D eigenvalue weighted by molar-refractivity contribution is 6.19. The van der Waals surface area contributed by atoms with E-state index in [1.807, 2.05) is 91.0 Å². The Labute approximate surface area is 344 Å². The van der Waals surface area contributed by atoms with Crippen molar-refractivity contribution in [2.75, 3.05) is 4.90 Å². The molecule has 1 heterocycles. The zero-order valence-electron chi connectivity index (χ0n) is 39.3. The van der Waals surface area contributed by atoms with Crippen molar-refractivity contribution in [3.8, 4) is 44.5 Å². The quantitative estimate of drug-likeness (QED) is 0.169. The predicted molar refractivity (Wildman–Crippen MR) is 240 cm³/mol. The SMILES string of the molecule is [2H]c1c([2H])c(N(c2cccc(-c3cccc4oc5c6ccccc6ccc5c34)c2)c2c([2H])c([2H])c(-c3cccc4c3C(C)(C)c3ccccc3-4)c([2H])c2[2H])c([2H])c([2H])c1-c1ccccc1. The second-order valence-electron chi connectivity index (χ2n) is 15.0. The number of hydrogen-bond acceptors (Lipinski definition) is 2. The Morgan fingerprint density at radius 1 is 0.456 bits per heavy atom. The molecule has 0 atom stereocenters. The van der Waals surface area contributed by atoms with Gasteiger partial charge in [0.25, 0.3) is 0 Å². The van der Waals surface area contributed by atoms with Crippen LogP contribution in [0, 0.1) is 0 Å². The molecule has 0 amide bonds. The lowest BCUT2D eigenvalue weighted by Gasteiger charge is -2.27. The summed E-state index contributed by atoms with van der Waals surface area (Å²) in [5.74, 6) is 0. The lowest BCUT2D eigenvalue weighted by molar-refractivity contribution is 0.662. The highest BCUT2D eigenvalue weighted by atomic mass is 16.3. The fraction of sp³-hybridized carbons (Fsp3) is 0.0545. The monoisotopic (exact) mass is 737 g/mol. The summed E-state index contributed by atoms with van der Waals surface area (Å²) in [5, 5.41) is 3.83. The summed E-state index contributed by atoms with van der Waals surface area (Å²) < 4.78 is 83.3. The van der Waals surface area contributed by atoms with Crippen LogP contribution >= 0.6 is 0 Å². The Kier molecular flexibility index (Phi) is 5.88. The van der Waals surface area contributed by atoms with Crippen molar-refractivity contribution in [1.82, 2.24) is 0 Å². The summed E-state index contributed by atoms with van der Waals surface area (Å²) in [4.78, 5) is 1.37. The van der Waals surface area contributed by atoms with Gasteiger partial charge in [-0.25, -0.2) is 0 Å². The van der Waals surface area contributed by atoms with Gasteiger partial charge in [-0.3, -0.25) is 0 Å². The number of rotatable bonds is 6. The van der Waals surface area contributed by atoms with Crippen LogP contribution in [0.25, 0.3) is 77.2 Å². The second kappa shape index (κ2) is 13.0. The van der Waals surface area contributed by atoms with Gasteiger partial charge < -0.3 is 9.32 Å². The number of furan rings is 1. The first-order valence-corrected chi connectivity index (χ1v) is 19.1. The van der Waals surface area contributed by atoms with Gasteiger partial charge in [0.1, 0.15) is 11.2 Å². The van der Waals surface area contributed by atoms with Gasteiger partial charge in [-0.05, 0) is 109 Å². The molecule has 1 aromatic heterocycles. The summed E-state index contributed by atoms with van der Waals surface area (Å²) in [6.45, 7) is 4.22. The fourth-order valence-electron chi connectivity index (χ4n) is 8.75. The van der Waals surface area contributed by atoms with E-state index in [-0.39, 0.29) is 46.7 Å². The molecule has 0 saturated carbocycles. The van der Waals surface area contributed by atoms with Crippen LogP contribution in [0.15, 0.2) is 204 Å². The van der Waals surface area contributed by atoms with E-state index in [1.54, 1.807) is 36.4 Å². The molecule has 0 aliphatic heterocycles. The summed E-state index contributed by atoms with van der Waals surface area (Å²) in [7, 11) is 0. The first kappa shape index (κ1) is 25.8. The molecule has 2 heteroatoms. The molecule has 270 valence electrons. The topological polar surface area (TPSA) is 16.4 Å². The summed E-state index contributed by atoms with van der Waals surface area (Å²) in [5.41, 5.74) is 7.76. The Hall–Kier alpha value is -7.16. The van der Waals surface area contributed by atoms with Crippen molar-refractivity contribution in [1.29, 1.82) is 0 Å². The molecule has 0 N–H and O–H groups in total. The van der Waals surface area contributed by atoms with Gasteiger partial charge in [0, 0.05) is 38.6 Å². The fourth-order valence-corrected chi connectivity index (χ4v) is 8.75. The first-order chi connectivity index (χ1) is 31.4. The molecular formula is C55H39NO. The van der Waals surface area contributed by atoms with Gasteiger partial charge in [-0.15, -0.1) is 0 Å². The number of benzene rings is 9. The first-order valence-electron chi connectivity index (χ1n) is 23.1. The number of hydrogen-bond donors (Lipinski definition) is 0. The van der Waals surface area contributed by atoms with E-state index in [0.717, 1.165) is 60.5 Å². The summed E-state index contributed by atoms with van der Waals surface area (Å²) >= 11 is 0. The smallest absolute Gasteiger partial charge is 0.143 e. The van der Waals surface area contributed by atoms with Crippen LogP contribution < -0.4 is 4.90 Å². The highest BCUT2D eigenvalue weighted by Crippen LogP contribution is 2.52. The molecule has 0 saturated heterocycles. The minimum absolute atomic E-state index is 0.112. The Balaban J connectivity index is 1.17. The molecule has 0 fully saturated rings. The van der Waals surface area contributed by atoms with Crippen LogP contribution in [0.3, 0.4) is 0 Å². The molecule has 9 aromatic carbocycles. The average molecular weight is 738 g/mol. The van der Waals surface area contributed by atoms with E-state index >= 15 is 0 Å². The molecule has 0 bridgehead atoms. The van der Waals surface area contributed by atoms with Gasteiger partial charge in [-0.2, -0.15) is 0 Å². The molecule has 1 aliphatic carbocycles. The third-order valence-electron chi connectivity index (χ3n) is 11.4. The van der Waals surface area contributed by atoms with Crippen LogP contribution in [-0.4, -0.2) is 0 Å². The lowest BCUT2D eigenvalue weighted by atomic mass is 9.79. The molecule has 0 spiro atoms. The average Bonchev–Trinajstić information content (AvgIpc) is 3.83. The minimum Gasteiger partial charge on any atom is -0.455 e. The third kappa shape index (κ3) is 5.33. The normalized spacial score (nSPS) is 14.8. The molecule has 57 heavy (non-hydrogen) atoms. The van der Waals surface area contributed by atoms with Gasteiger partial charge in [0.2, 0.25) is 0 Å². The van der Waals surface area contributed by atoms with Crippen LogP contribution in [0.5, 0.6) is 0 Å². The van der Waals surface area contributed by atoms with Crippen molar-refractivity contribution in [2.24, 2.45) is 0 Å². The van der Waals surface area contributed by atoms with Crippen molar-refractivity contribution in [2.45, 2.75) is 19.3 Å². The third-order valence-corrected chi connectivity index (χ3v) is 11.4. The lowest BCUT2D eigenvalue weighted by Crippen LogP contribution is -2.16. The number of nitrogens with zero attached hydrogens (tertiary/aromatic N) is 1. The standard InChI is InChI=1S/C55H39NO/c1-55(2)50-23-9-8-19-47(50)48-22-11-21-45(53(48)55)39-27-32-42(33-28-39)56(41-30-25-37(26-31-41)36-13-4-3-5-14-36)43-17-10-16-40(35-43)44-20-12-24-51-52(44)49-34-29-38-15-6-7-18-46(38)54(49)57-51/h3-35H,1-2H3/i25D,26D,27D,28D,30D,31D,32D,33D. The van der Waals surface area contributed by atoms with Gasteiger partial charge in [-0.1, -0.05) is 165 Å². The van der Waals surface area contributed by atoms with E-state index in [9.17, 15) is 11.0 Å². The molecule has 11 rings (SSSR count). The van der Waals surface area contributed by atoms with E-state index in [2.05, 4.69) is 38.1 Å². The highest BCUT2D eigenvalue weighted by Gasteiger charge is 2.37. The molecule has 1 aliphatic rings. The predicted octanol–water partition coefficient (Wildman–Crippen LogP) is 15.5. The maximum Gasteiger partial charge on any atom is 0.143 e. The molecule has 0 radical (unpaired) electrons. The summed E-state index contributed by atoms with van der Waals surface area (Å²) in [6, 6.07) is 45.3. The Bertz CT molecular complexity index is 3580. The second-order valence-corrected chi connectivity index (χ2v) is 15.0. The van der Waals surface area contributed by atoms with Gasteiger partial charge >= 0.3 is 0 Å². The van der Waals surface area contributed by atoms with Crippen molar-refractivity contribution < 1.29 is 15.4 Å². The molecular weight excluding hydrogens is 691 g/mol. The van der Waals surface area contributed by atoms with Crippen LogP contribution in [0.4, 0.5) is 17.1 Å². The number of fused-ring (bicyclic) bond motifs is 8. The van der Waals surface area contributed by atoms with Crippen molar-refractivity contribution in [3.63, 3.8) is 0 Å². The Morgan fingerprint density at radius 3 is 1.91 bits per heavy atom. The minimum atomic E-state index is -0.511. The van der Waals surface area contributed by atoms with E-state index in [1.165, 1.54) is 4.90 Å². The molecule has 0 unspecified atom stereocenters. The van der Waals surface area contributed by atoms with Gasteiger partial charge in [0.15, 0.2) is 0 Å². The van der Waals surface area contributed by atoms with Crippen molar-refractivity contribution >= 4 is 49.8 Å². The largest absolute Gasteiger partial charge is 0.455 e.